The SMILES string of the molecule is COc1ccc(C(C)O)cc1-c1ccc(C(F)(F)F)cc1CN(Cc1cc(C(F)(F)F)cc(C(F)(F)F)c1)C(=O)O. The Kier molecular flexibility index (Phi) is 8.87. The van der Waals surface area contributed by atoms with Gasteiger partial charge >= 0.3 is 24.6 Å². The van der Waals surface area contributed by atoms with Gasteiger partial charge in [0.1, 0.15) is 5.75 Å². The molecule has 0 spiro atoms. The molecule has 0 saturated heterocycles. The third kappa shape index (κ3) is 7.63. The fraction of sp³-hybridized carbons (Fsp3) is 0.296. The number of rotatable bonds is 7. The molecule has 0 bridgehead atoms. The Morgan fingerprint density at radius 2 is 1.34 bits per heavy atom. The number of aliphatic hydroxyl groups is 1. The lowest BCUT2D eigenvalue weighted by Crippen LogP contribution is -2.29. The van der Waals surface area contributed by atoms with Crippen LogP contribution in [-0.2, 0) is 31.6 Å². The number of methoxy groups -OCH3 is 1. The van der Waals surface area contributed by atoms with Crippen molar-refractivity contribution in [3.8, 4) is 16.9 Å². The summed E-state index contributed by atoms with van der Waals surface area (Å²) in [6.07, 6.45) is -18.1. The lowest BCUT2D eigenvalue weighted by molar-refractivity contribution is -0.143. The molecule has 0 aliphatic carbocycles. The van der Waals surface area contributed by atoms with Crippen molar-refractivity contribution in [2.45, 2.75) is 44.6 Å². The van der Waals surface area contributed by atoms with Crippen LogP contribution in [0, 0.1) is 0 Å². The molecule has 3 aromatic carbocycles. The van der Waals surface area contributed by atoms with Crippen LogP contribution >= 0.6 is 0 Å². The van der Waals surface area contributed by atoms with Crippen molar-refractivity contribution in [3.63, 3.8) is 0 Å². The summed E-state index contributed by atoms with van der Waals surface area (Å²) in [4.78, 5) is 12.5. The van der Waals surface area contributed by atoms with E-state index >= 15 is 0 Å². The van der Waals surface area contributed by atoms with E-state index in [0.717, 1.165) is 12.1 Å². The van der Waals surface area contributed by atoms with Gasteiger partial charge in [-0.25, -0.2) is 4.79 Å². The van der Waals surface area contributed by atoms with Crippen LogP contribution in [0.2, 0.25) is 0 Å². The number of aliphatic hydroxyl groups excluding tert-OH is 1. The van der Waals surface area contributed by atoms with Crippen LogP contribution in [0.25, 0.3) is 11.1 Å². The molecule has 222 valence electrons. The monoisotopic (exact) mass is 595 g/mol. The number of carbonyl (C=O) groups is 1. The van der Waals surface area contributed by atoms with E-state index in [0.29, 0.717) is 28.7 Å². The van der Waals surface area contributed by atoms with Crippen LogP contribution in [0.15, 0.2) is 54.6 Å². The van der Waals surface area contributed by atoms with Crippen molar-refractivity contribution in [3.05, 3.63) is 88.0 Å². The summed E-state index contributed by atoms with van der Waals surface area (Å²) in [5, 5.41) is 19.7. The third-order valence-corrected chi connectivity index (χ3v) is 6.08. The van der Waals surface area contributed by atoms with E-state index in [2.05, 4.69) is 0 Å². The van der Waals surface area contributed by atoms with Crippen LogP contribution in [0.5, 0.6) is 5.75 Å². The lowest BCUT2D eigenvalue weighted by atomic mass is 9.94. The standard InChI is InChI=1S/C27H22F9NO4/c1-14(38)16-3-6-23(41-2)22(10-16)21-5-4-18(25(28,29)30)9-17(21)13-37(24(39)40)12-15-7-19(26(31,32)33)11-20(8-15)27(34,35)36/h3-11,14,38H,12-13H2,1-2H3,(H,39,40). The summed E-state index contributed by atoms with van der Waals surface area (Å²) >= 11 is 0. The van der Waals surface area contributed by atoms with Crippen molar-refractivity contribution in [1.29, 1.82) is 0 Å². The van der Waals surface area contributed by atoms with E-state index in [4.69, 9.17) is 4.74 Å². The van der Waals surface area contributed by atoms with E-state index in [1.54, 1.807) is 0 Å². The van der Waals surface area contributed by atoms with Gasteiger partial charge in [0.2, 0.25) is 0 Å². The number of carboxylic acid groups (broad SMARTS) is 1. The molecule has 14 heteroatoms. The van der Waals surface area contributed by atoms with Crippen molar-refractivity contribution in [2.24, 2.45) is 0 Å². The van der Waals surface area contributed by atoms with Crippen molar-refractivity contribution < 1.29 is 59.3 Å². The van der Waals surface area contributed by atoms with Gasteiger partial charge in [-0.2, -0.15) is 39.5 Å². The Morgan fingerprint density at radius 1 is 0.780 bits per heavy atom. The van der Waals surface area contributed by atoms with Gasteiger partial charge in [-0.15, -0.1) is 0 Å². The third-order valence-electron chi connectivity index (χ3n) is 6.08. The largest absolute Gasteiger partial charge is 0.496 e. The normalized spacial score (nSPS) is 13.2. The highest BCUT2D eigenvalue weighted by atomic mass is 19.4. The molecule has 1 amide bonds. The fourth-order valence-corrected chi connectivity index (χ4v) is 4.09. The summed E-state index contributed by atoms with van der Waals surface area (Å²) in [5.41, 5.74) is -4.94. The second kappa shape index (κ2) is 11.5. The maximum Gasteiger partial charge on any atom is 0.416 e. The van der Waals surface area contributed by atoms with Crippen molar-refractivity contribution in [1.82, 2.24) is 4.90 Å². The lowest BCUT2D eigenvalue weighted by Gasteiger charge is -2.24. The number of ether oxygens (including phenoxy) is 1. The first kappa shape index (κ1) is 31.6. The number of nitrogens with zero attached hydrogens (tertiary/aromatic N) is 1. The zero-order valence-corrected chi connectivity index (χ0v) is 21.2. The van der Waals surface area contributed by atoms with Gasteiger partial charge < -0.3 is 14.9 Å². The second-order valence-electron chi connectivity index (χ2n) is 9.06. The Hall–Kier alpha value is -3.94. The molecule has 5 nitrogen and oxygen atoms in total. The number of hydrogen-bond acceptors (Lipinski definition) is 3. The first-order chi connectivity index (χ1) is 18.8. The molecule has 0 heterocycles. The maximum atomic E-state index is 13.6. The molecule has 0 aromatic heterocycles. The summed E-state index contributed by atoms with van der Waals surface area (Å²) in [5.74, 6) is 0.144. The molecular formula is C27H22F9NO4. The average molecular weight is 595 g/mol. The van der Waals surface area contributed by atoms with Gasteiger partial charge in [0.25, 0.3) is 0 Å². The topological polar surface area (TPSA) is 70.0 Å². The van der Waals surface area contributed by atoms with Gasteiger partial charge in [0.15, 0.2) is 0 Å². The van der Waals surface area contributed by atoms with E-state index in [9.17, 15) is 54.5 Å². The first-order valence-corrected chi connectivity index (χ1v) is 11.6. The highest BCUT2D eigenvalue weighted by Gasteiger charge is 2.37. The molecule has 0 aliphatic rings. The molecule has 1 unspecified atom stereocenters. The van der Waals surface area contributed by atoms with Crippen molar-refractivity contribution in [2.75, 3.05) is 7.11 Å². The van der Waals surface area contributed by atoms with Crippen molar-refractivity contribution >= 4 is 6.09 Å². The highest BCUT2D eigenvalue weighted by Crippen LogP contribution is 2.40. The Labute approximate surface area is 227 Å². The van der Waals surface area contributed by atoms with Gasteiger partial charge in [-0.3, -0.25) is 4.90 Å². The minimum atomic E-state index is -5.19. The quantitative estimate of drug-likeness (QED) is 0.271. The fourth-order valence-electron chi connectivity index (χ4n) is 4.09. The minimum absolute atomic E-state index is 0.0311. The predicted octanol–water partition coefficient (Wildman–Crippen LogP) is 8.15. The molecular weight excluding hydrogens is 573 g/mol. The van der Waals surface area contributed by atoms with Gasteiger partial charge in [-0.1, -0.05) is 12.1 Å². The molecule has 0 radical (unpaired) electrons. The molecule has 0 saturated carbocycles. The van der Waals surface area contributed by atoms with Gasteiger partial charge in [0, 0.05) is 18.7 Å². The smallest absolute Gasteiger partial charge is 0.416 e. The molecule has 0 aliphatic heterocycles. The van der Waals surface area contributed by atoms with Crippen LogP contribution in [0.3, 0.4) is 0 Å². The summed E-state index contributed by atoms with van der Waals surface area (Å²) < 4.78 is 126. The molecule has 3 rings (SSSR count). The van der Waals surface area contributed by atoms with E-state index in [-0.39, 0.29) is 28.5 Å². The molecule has 3 aromatic rings. The Bertz CT molecular complexity index is 1380. The first-order valence-electron chi connectivity index (χ1n) is 11.6. The summed E-state index contributed by atoms with van der Waals surface area (Å²) in [6.45, 7) is -0.438. The van der Waals surface area contributed by atoms with Crippen LogP contribution in [-0.4, -0.2) is 28.3 Å². The van der Waals surface area contributed by atoms with Crippen LogP contribution in [0.4, 0.5) is 44.3 Å². The summed E-state index contributed by atoms with van der Waals surface area (Å²) in [7, 11) is 1.26. The average Bonchev–Trinajstić information content (AvgIpc) is 2.86. The number of halogens is 9. The number of benzene rings is 3. The molecule has 41 heavy (non-hydrogen) atoms. The van der Waals surface area contributed by atoms with Gasteiger partial charge in [0.05, 0.1) is 29.9 Å². The van der Waals surface area contributed by atoms with E-state index in [1.807, 2.05) is 0 Å². The Balaban J connectivity index is 2.17. The molecule has 0 fully saturated rings. The van der Waals surface area contributed by atoms with E-state index in [1.165, 1.54) is 32.2 Å². The second-order valence-corrected chi connectivity index (χ2v) is 9.06. The zero-order valence-electron chi connectivity index (χ0n) is 21.2. The predicted molar refractivity (Wildman–Crippen MR) is 128 cm³/mol. The maximum absolute atomic E-state index is 13.6. The minimum Gasteiger partial charge on any atom is -0.496 e. The zero-order chi connectivity index (χ0) is 30.9. The number of alkyl halides is 9. The van der Waals surface area contributed by atoms with Crippen LogP contribution in [0.1, 0.15) is 46.4 Å². The van der Waals surface area contributed by atoms with Crippen LogP contribution < -0.4 is 4.74 Å². The Morgan fingerprint density at radius 3 is 1.80 bits per heavy atom. The van der Waals surface area contributed by atoms with Gasteiger partial charge in [-0.05, 0) is 71.6 Å². The summed E-state index contributed by atoms with van der Waals surface area (Å²) in [6, 6.07) is 7.27. The molecule has 2 N–H and O–H groups in total. The number of hydrogen-bond donors (Lipinski definition) is 2. The highest BCUT2D eigenvalue weighted by molar-refractivity contribution is 5.75. The molecule has 1 atom stereocenters. The number of amides is 1. The van der Waals surface area contributed by atoms with E-state index < -0.39 is 66.1 Å².